The summed E-state index contributed by atoms with van der Waals surface area (Å²) in [7, 11) is 1.69. The Labute approximate surface area is 192 Å². The molecule has 0 spiro atoms. The lowest BCUT2D eigenvalue weighted by Gasteiger charge is -2.38. The van der Waals surface area contributed by atoms with Crippen molar-refractivity contribution in [3.63, 3.8) is 0 Å². The van der Waals surface area contributed by atoms with Crippen LogP contribution in [0.3, 0.4) is 0 Å². The number of methoxy groups -OCH3 is 1. The van der Waals surface area contributed by atoms with E-state index in [0.717, 1.165) is 44.3 Å². The molecular formula is C28H36O4. The third kappa shape index (κ3) is 6.44. The van der Waals surface area contributed by atoms with Crippen molar-refractivity contribution < 1.29 is 19.1 Å². The van der Waals surface area contributed by atoms with E-state index in [2.05, 4.69) is 24.3 Å². The fourth-order valence-electron chi connectivity index (χ4n) is 4.83. The second-order valence-electron chi connectivity index (χ2n) is 8.99. The molecule has 0 aliphatic heterocycles. The van der Waals surface area contributed by atoms with Crippen LogP contribution < -0.4 is 9.47 Å². The van der Waals surface area contributed by atoms with Gasteiger partial charge in [0.15, 0.2) is 0 Å². The highest BCUT2D eigenvalue weighted by Crippen LogP contribution is 2.45. The minimum Gasteiger partial charge on any atom is -0.497 e. The molecule has 0 saturated heterocycles. The topological polar surface area (TPSA) is 52.6 Å². The molecule has 4 heteroatoms. The molecule has 0 unspecified atom stereocenters. The van der Waals surface area contributed by atoms with Gasteiger partial charge in [-0.05, 0) is 68.0 Å². The predicted octanol–water partition coefficient (Wildman–Crippen LogP) is 6.78. The quantitative estimate of drug-likeness (QED) is 0.221. The van der Waals surface area contributed by atoms with Gasteiger partial charge in [-0.25, -0.2) is 0 Å². The Morgan fingerprint density at radius 3 is 1.81 bits per heavy atom. The first kappa shape index (κ1) is 24.0. The summed E-state index contributed by atoms with van der Waals surface area (Å²) in [5.74, 6) is 1.53. The van der Waals surface area contributed by atoms with Crippen molar-refractivity contribution in [2.45, 2.75) is 83.0 Å². The van der Waals surface area contributed by atoms with Gasteiger partial charge >= 0.3 is 5.97 Å². The maximum absolute atomic E-state index is 12.2. The Morgan fingerprint density at radius 1 is 0.750 bits per heavy atom. The van der Waals surface area contributed by atoms with Gasteiger partial charge in [-0.2, -0.15) is 0 Å². The summed E-state index contributed by atoms with van der Waals surface area (Å²) in [6.45, 7) is 1.62. The van der Waals surface area contributed by atoms with E-state index < -0.39 is 0 Å². The maximum Gasteiger partial charge on any atom is 0.311 e. The van der Waals surface area contributed by atoms with Crippen LogP contribution in [-0.4, -0.2) is 18.9 Å². The first-order valence-corrected chi connectivity index (χ1v) is 12.0. The van der Waals surface area contributed by atoms with Gasteiger partial charge in [0.25, 0.3) is 0 Å². The number of carbonyl (C=O) groups excluding carboxylic acids is 2. The van der Waals surface area contributed by atoms with Crippen molar-refractivity contribution in [3.8, 4) is 11.5 Å². The third-order valence-corrected chi connectivity index (χ3v) is 6.65. The number of ketones is 1. The summed E-state index contributed by atoms with van der Waals surface area (Å²) in [4.78, 5) is 23.2. The molecule has 172 valence electrons. The number of Topliss-reactive ketones (excluding diaryl/α,β-unsaturated/α-hetero) is 1. The SMILES string of the molecule is COc1ccc(C2(c3ccc(OC(=O)CCCCCCC(C)=O)cc3)CCCCC2)cc1. The monoisotopic (exact) mass is 436 g/mol. The average molecular weight is 437 g/mol. The van der Waals surface area contributed by atoms with Gasteiger partial charge in [-0.3, -0.25) is 4.79 Å². The highest BCUT2D eigenvalue weighted by Gasteiger charge is 2.35. The first-order chi connectivity index (χ1) is 15.5. The van der Waals surface area contributed by atoms with Crippen LogP contribution in [0.15, 0.2) is 48.5 Å². The Hall–Kier alpha value is -2.62. The number of esters is 1. The van der Waals surface area contributed by atoms with Crippen LogP contribution in [0.4, 0.5) is 0 Å². The molecule has 0 radical (unpaired) electrons. The molecule has 3 rings (SSSR count). The van der Waals surface area contributed by atoms with Crippen LogP contribution in [-0.2, 0) is 15.0 Å². The summed E-state index contributed by atoms with van der Waals surface area (Å²) >= 11 is 0. The van der Waals surface area contributed by atoms with Crippen LogP contribution in [0.2, 0.25) is 0 Å². The van der Waals surface area contributed by atoms with Crippen molar-refractivity contribution in [3.05, 3.63) is 59.7 Å². The second kappa shape index (κ2) is 11.8. The standard InChI is InChI=1S/C28H36O4/c1-22(29)10-6-3-4-7-11-27(30)32-26-18-14-24(15-19-26)28(20-8-5-9-21-28)23-12-16-25(31-2)17-13-23/h12-19H,3-11,20-21H2,1-2H3. The van der Waals surface area contributed by atoms with Crippen LogP contribution in [0.5, 0.6) is 11.5 Å². The molecule has 1 aliphatic rings. The van der Waals surface area contributed by atoms with Crippen molar-refractivity contribution in [2.75, 3.05) is 7.11 Å². The van der Waals surface area contributed by atoms with E-state index in [9.17, 15) is 9.59 Å². The lowest BCUT2D eigenvalue weighted by Crippen LogP contribution is -2.30. The highest BCUT2D eigenvalue weighted by atomic mass is 16.5. The Kier molecular flexibility index (Phi) is 8.90. The molecular weight excluding hydrogens is 400 g/mol. The largest absolute Gasteiger partial charge is 0.497 e. The molecule has 32 heavy (non-hydrogen) atoms. The van der Waals surface area contributed by atoms with Crippen molar-refractivity contribution in [1.29, 1.82) is 0 Å². The average Bonchev–Trinajstić information content (AvgIpc) is 2.82. The van der Waals surface area contributed by atoms with E-state index in [1.54, 1.807) is 14.0 Å². The highest BCUT2D eigenvalue weighted by molar-refractivity contribution is 5.75. The fourth-order valence-corrected chi connectivity index (χ4v) is 4.83. The van der Waals surface area contributed by atoms with Crippen molar-refractivity contribution in [1.82, 2.24) is 0 Å². The van der Waals surface area contributed by atoms with Gasteiger partial charge in [0.2, 0.25) is 0 Å². The summed E-state index contributed by atoms with van der Waals surface area (Å²) in [6.07, 6.45) is 10.7. The molecule has 0 N–H and O–H groups in total. The minimum absolute atomic E-state index is 0.00688. The number of ether oxygens (including phenoxy) is 2. The van der Waals surface area contributed by atoms with Gasteiger partial charge in [-0.15, -0.1) is 0 Å². The Balaban J connectivity index is 1.59. The lowest BCUT2D eigenvalue weighted by molar-refractivity contribution is -0.134. The molecule has 0 heterocycles. The Morgan fingerprint density at radius 2 is 1.28 bits per heavy atom. The number of hydrogen-bond acceptors (Lipinski definition) is 4. The van der Waals surface area contributed by atoms with Gasteiger partial charge in [0.1, 0.15) is 17.3 Å². The zero-order valence-corrected chi connectivity index (χ0v) is 19.5. The summed E-state index contributed by atoms with van der Waals surface area (Å²) in [5, 5.41) is 0. The Bertz CT molecular complexity index is 861. The zero-order chi connectivity index (χ0) is 22.8. The minimum atomic E-state index is -0.188. The zero-order valence-electron chi connectivity index (χ0n) is 19.5. The number of hydrogen-bond donors (Lipinski definition) is 0. The van der Waals surface area contributed by atoms with Crippen LogP contribution in [0, 0.1) is 0 Å². The normalized spacial score (nSPS) is 15.2. The molecule has 1 aliphatic carbocycles. The van der Waals surface area contributed by atoms with Gasteiger partial charge in [0, 0.05) is 18.3 Å². The molecule has 0 amide bonds. The third-order valence-electron chi connectivity index (χ3n) is 6.65. The molecule has 2 aromatic carbocycles. The van der Waals surface area contributed by atoms with E-state index in [0.29, 0.717) is 18.6 Å². The van der Waals surface area contributed by atoms with Gasteiger partial charge in [0.05, 0.1) is 7.11 Å². The van der Waals surface area contributed by atoms with E-state index >= 15 is 0 Å². The van der Waals surface area contributed by atoms with E-state index in [4.69, 9.17) is 9.47 Å². The van der Waals surface area contributed by atoms with E-state index in [1.165, 1.54) is 30.4 Å². The fraction of sp³-hybridized carbons (Fsp3) is 0.500. The molecule has 1 fully saturated rings. The summed E-state index contributed by atoms with van der Waals surface area (Å²) < 4.78 is 10.9. The predicted molar refractivity (Wildman–Crippen MR) is 127 cm³/mol. The van der Waals surface area contributed by atoms with Gasteiger partial charge in [-0.1, -0.05) is 56.4 Å². The number of carbonyl (C=O) groups is 2. The summed E-state index contributed by atoms with van der Waals surface area (Å²) in [5.41, 5.74) is 2.62. The number of rotatable bonds is 11. The van der Waals surface area contributed by atoms with E-state index in [-0.39, 0.29) is 17.2 Å². The lowest BCUT2D eigenvalue weighted by atomic mass is 9.65. The molecule has 2 aromatic rings. The molecule has 4 nitrogen and oxygen atoms in total. The maximum atomic E-state index is 12.2. The van der Waals surface area contributed by atoms with Gasteiger partial charge < -0.3 is 14.3 Å². The molecule has 1 saturated carbocycles. The molecule has 0 aromatic heterocycles. The van der Waals surface area contributed by atoms with Crippen LogP contribution in [0.1, 0.15) is 88.7 Å². The number of benzene rings is 2. The van der Waals surface area contributed by atoms with Crippen LogP contribution in [0.25, 0.3) is 0 Å². The van der Waals surface area contributed by atoms with Crippen LogP contribution >= 0.6 is 0 Å². The summed E-state index contributed by atoms with van der Waals surface area (Å²) in [6, 6.07) is 16.6. The van der Waals surface area contributed by atoms with Crippen molar-refractivity contribution in [2.24, 2.45) is 0 Å². The van der Waals surface area contributed by atoms with Crippen molar-refractivity contribution >= 4 is 11.8 Å². The number of unbranched alkanes of at least 4 members (excludes halogenated alkanes) is 3. The second-order valence-corrected chi connectivity index (χ2v) is 8.99. The smallest absolute Gasteiger partial charge is 0.311 e. The first-order valence-electron chi connectivity index (χ1n) is 12.0. The molecule has 0 atom stereocenters. The van der Waals surface area contributed by atoms with E-state index in [1.807, 2.05) is 24.3 Å². The molecule has 0 bridgehead atoms.